The van der Waals surface area contributed by atoms with Crippen molar-refractivity contribution < 1.29 is 9.53 Å². The number of carbonyl (C=O) groups excluding carboxylic acids is 1. The first-order chi connectivity index (χ1) is 9.51. The van der Waals surface area contributed by atoms with Crippen LogP contribution in [0.5, 0.6) is 0 Å². The van der Waals surface area contributed by atoms with E-state index in [-0.39, 0.29) is 24.0 Å². The molecule has 0 saturated carbocycles. The van der Waals surface area contributed by atoms with Crippen LogP contribution in [0.1, 0.15) is 18.0 Å². The van der Waals surface area contributed by atoms with Crippen molar-refractivity contribution in [1.29, 1.82) is 0 Å². The summed E-state index contributed by atoms with van der Waals surface area (Å²) in [5.74, 6) is 0.624. The monoisotopic (exact) mass is 280 g/mol. The number of aromatic nitrogens is 2. The van der Waals surface area contributed by atoms with Gasteiger partial charge in [0.15, 0.2) is 0 Å². The van der Waals surface area contributed by atoms with Gasteiger partial charge in [-0.1, -0.05) is 0 Å². The Morgan fingerprint density at radius 1 is 1.60 bits per heavy atom. The minimum atomic E-state index is -0.166. The van der Waals surface area contributed by atoms with Crippen molar-refractivity contribution in [2.24, 2.45) is 0 Å². The van der Waals surface area contributed by atoms with E-state index in [0.29, 0.717) is 19.0 Å². The van der Waals surface area contributed by atoms with Crippen molar-refractivity contribution in [3.8, 4) is 0 Å². The number of methoxy groups -OCH3 is 1. The SMILES string of the molecule is COCC(=O)N1CC[C@H](c2cc(=O)[nH]c(N(C)C)n2)C1. The number of ether oxygens (including phenoxy) is 1. The average Bonchev–Trinajstić information content (AvgIpc) is 2.88. The topological polar surface area (TPSA) is 78.5 Å². The summed E-state index contributed by atoms with van der Waals surface area (Å²) in [5.41, 5.74) is 0.575. The molecule has 0 aromatic carbocycles. The summed E-state index contributed by atoms with van der Waals surface area (Å²) in [6.07, 6.45) is 0.818. The molecule has 1 amide bonds. The van der Waals surface area contributed by atoms with E-state index in [0.717, 1.165) is 12.1 Å². The van der Waals surface area contributed by atoms with Crippen molar-refractivity contribution in [2.45, 2.75) is 12.3 Å². The van der Waals surface area contributed by atoms with Crippen LogP contribution in [0.4, 0.5) is 5.95 Å². The van der Waals surface area contributed by atoms with Crippen molar-refractivity contribution in [3.63, 3.8) is 0 Å². The van der Waals surface area contributed by atoms with Crippen molar-refractivity contribution in [3.05, 3.63) is 22.1 Å². The van der Waals surface area contributed by atoms with Gasteiger partial charge in [0.1, 0.15) is 6.61 Å². The Balaban J connectivity index is 2.14. The van der Waals surface area contributed by atoms with E-state index in [1.165, 1.54) is 13.2 Å². The lowest BCUT2D eigenvalue weighted by Crippen LogP contribution is -2.31. The summed E-state index contributed by atoms with van der Waals surface area (Å²) in [6.45, 7) is 1.36. The summed E-state index contributed by atoms with van der Waals surface area (Å²) in [7, 11) is 5.16. The Kier molecular flexibility index (Phi) is 4.39. The molecule has 1 saturated heterocycles. The summed E-state index contributed by atoms with van der Waals surface area (Å²) in [5, 5.41) is 0. The van der Waals surface area contributed by atoms with Gasteiger partial charge in [-0.2, -0.15) is 0 Å². The number of amides is 1. The second-order valence-electron chi connectivity index (χ2n) is 5.15. The van der Waals surface area contributed by atoms with E-state index in [2.05, 4.69) is 9.97 Å². The van der Waals surface area contributed by atoms with Crippen LogP contribution in [0.2, 0.25) is 0 Å². The molecule has 1 aromatic heterocycles. The number of rotatable bonds is 4. The molecule has 0 aliphatic carbocycles. The van der Waals surface area contributed by atoms with E-state index in [4.69, 9.17) is 4.74 Å². The van der Waals surface area contributed by atoms with Crippen molar-refractivity contribution >= 4 is 11.9 Å². The normalized spacial score (nSPS) is 18.4. The Bertz CT molecular complexity index is 541. The summed E-state index contributed by atoms with van der Waals surface area (Å²) < 4.78 is 4.86. The van der Waals surface area contributed by atoms with Crippen molar-refractivity contribution in [2.75, 3.05) is 45.8 Å². The van der Waals surface area contributed by atoms with E-state index in [9.17, 15) is 9.59 Å². The highest BCUT2D eigenvalue weighted by atomic mass is 16.5. The predicted molar refractivity (Wildman–Crippen MR) is 75.0 cm³/mol. The highest BCUT2D eigenvalue weighted by Crippen LogP contribution is 2.25. The molecule has 0 unspecified atom stereocenters. The van der Waals surface area contributed by atoms with Crippen LogP contribution < -0.4 is 10.5 Å². The molecule has 110 valence electrons. The van der Waals surface area contributed by atoms with Gasteiger partial charge in [-0.05, 0) is 6.42 Å². The fraction of sp³-hybridized carbons (Fsp3) is 0.615. The number of nitrogens with zero attached hydrogens (tertiary/aromatic N) is 3. The molecule has 1 aliphatic rings. The summed E-state index contributed by atoms with van der Waals surface area (Å²) >= 11 is 0. The van der Waals surface area contributed by atoms with E-state index in [1.807, 2.05) is 14.1 Å². The van der Waals surface area contributed by atoms with Crippen LogP contribution in [-0.2, 0) is 9.53 Å². The van der Waals surface area contributed by atoms with Crippen LogP contribution >= 0.6 is 0 Å². The molecule has 0 spiro atoms. The molecule has 20 heavy (non-hydrogen) atoms. The number of anilines is 1. The van der Waals surface area contributed by atoms with Gasteiger partial charge in [-0.3, -0.25) is 14.6 Å². The third-order valence-electron chi connectivity index (χ3n) is 3.40. The molecule has 7 heteroatoms. The van der Waals surface area contributed by atoms with E-state index >= 15 is 0 Å². The van der Waals surface area contributed by atoms with Crippen LogP contribution in [0.15, 0.2) is 10.9 Å². The number of nitrogens with one attached hydrogen (secondary N) is 1. The average molecular weight is 280 g/mol. The van der Waals surface area contributed by atoms with Gasteiger partial charge in [0.2, 0.25) is 11.9 Å². The number of likely N-dealkylation sites (tertiary alicyclic amines) is 1. The molecule has 0 radical (unpaired) electrons. The zero-order valence-corrected chi connectivity index (χ0v) is 12.0. The molecule has 1 aromatic rings. The van der Waals surface area contributed by atoms with E-state index in [1.54, 1.807) is 9.80 Å². The van der Waals surface area contributed by atoms with Crippen LogP contribution in [0, 0.1) is 0 Å². The second kappa shape index (κ2) is 6.04. The maximum absolute atomic E-state index is 11.8. The highest BCUT2D eigenvalue weighted by molar-refractivity contribution is 5.77. The lowest BCUT2D eigenvalue weighted by atomic mass is 10.1. The van der Waals surface area contributed by atoms with Gasteiger partial charge in [0.05, 0.1) is 5.69 Å². The van der Waals surface area contributed by atoms with Crippen LogP contribution in [-0.4, -0.2) is 61.7 Å². The fourth-order valence-electron chi connectivity index (χ4n) is 2.33. The van der Waals surface area contributed by atoms with Gasteiger partial charge in [0.25, 0.3) is 5.56 Å². The number of aromatic amines is 1. The highest BCUT2D eigenvalue weighted by Gasteiger charge is 2.28. The minimum Gasteiger partial charge on any atom is -0.375 e. The van der Waals surface area contributed by atoms with E-state index < -0.39 is 0 Å². The number of hydrogen-bond donors (Lipinski definition) is 1. The zero-order chi connectivity index (χ0) is 14.7. The Morgan fingerprint density at radius 2 is 2.35 bits per heavy atom. The van der Waals surface area contributed by atoms with Crippen LogP contribution in [0.25, 0.3) is 0 Å². The Hall–Kier alpha value is -1.89. The maximum atomic E-state index is 11.8. The Labute approximate surface area is 117 Å². The van der Waals surface area contributed by atoms with Crippen LogP contribution in [0.3, 0.4) is 0 Å². The first kappa shape index (κ1) is 14.5. The lowest BCUT2D eigenvalue weighted by Gasteiger charge is -2.17. The Morgan fingerprint density at radius 3 is 3.00 bits per heavy atom. The molecule has 1 N–H and O–H groups in total. The first-order valence-corrected chi connectivity index (χ1v) is 6.56. The zero-order valence-electron chi connectivity index (χ0n) is 12.0. The maximum Gasteiger partial charge on any atom is 0.252 e. The largest absolute Gasteiger partial charge is 0.375 e. The molecule has 1 fully saturated rings. The summed E-state index contributed by atoms with van der Waals surface area (Å²) in [6, 6.07) is 1.52. The second-order valence-corrected chi connectivity index (χ2v) is 5.15. The molecular weight excluding hydrogens is 260 g/mol. The number of hydrogen-bond acceptors (Lipinski definition) is 5. The van der Waals surface area contributed by atoms with Gasteiger partial charge < -0.3 is 14.5 Å². The first-order valence-electron chi connectivity index (χ1n) is 6.56. The molecule has 1 atom stereocenters. The standard InChI is InChI=1S/C13H20N4O3/c1-16(2)13-14-10(6-11(18)15-13)9-4-5-17(7-9)12(19)8-20-3/h6,9H,4-5,7-8H2,1-3H3,(H,14,15,18)/t9-/m0/s1. The summed E-state index contributed by atoms with van der Waals surface area (Å²) in [4.78, 5) is 34.1. The molecule has 7 nitrogen and oxygen atoms in total. The molecular formula is C13H20N4O3. The smallest absolute Gasteiger partial charge is 0.252 e. The van der Waals surface area contributed by atoms with Gasteiger partial charge in [-0.25, -0.2) is 4.98 Å². The fourth-order valence-corrected chi connectivity index (χ4v) is 2.33. The predicted octanol–water partition coefficient (Wildman–Crippen LogP) is -0.202. The third-order valence-corrected chi connectivity index (χ3v) is 3.40. The van der Waals surface area contributed by atoms with Gasteiger partial charge in [0, 0.05) is 46.3 Å². The van der Waals surface area contributed by atoms with Crippen molar-refractivity contribution in [1.82, 2.24) is 14.9 Å². The molecule has 0 bridgehead atoms. The molecule has 1 aliphatic heterocycles. The van der Waals surface area contributed by atoms with Gasteiger partial charge >= 0.3 is 0 Å². The minimum absolute atomic E-state index is 0.0207. The lowest BCUT2D eigenvalue weighted by molar-refractivity contribution is -0.134. The molecule has 2 rings (SSSR count). The quantitative estimate of drug-likeness (QED) is 0.826. The third kappa shape index (κ3) is 3.16. The number of carbonyl (C=O) groups is 1. The molecule has 2 heterocycles. The van der Waals surface area contributed by atoms with Gasteiger partial charge in [-0.15, -0.1) is 0 Å². The number of H-pyrrole nitrogens is 1.